The Labute approximate surface area is 101 Å². The molecule has 1 rings (SSSR count). The fourth-order valence-electron chi connectivity index (χ4n) is 1.38. The molecule has 0 radical (unpaired) electrons. The van der Waals surface area contributed by atoms with Gasteiger partial charge in [-0.15, -0.1) is 0 Å². The molecular weight excluding hydrogens is 220 g/mol. The molecule has 90 valence electrons. The van der Waals surface area contributed by atoms with Gasteiger partial charge in [0.05, 0.1) is 5.56 Å². The smallest absolute Gasteiger partial charge is 0.254 e. The highest BCUT2D eigenvalue weighted by molar-refractivity contribution is 7.08. The van der Waals surface area contributed by atoms with E-state index in [4.69, 9.17) is 5.73 Å². The predicted octanol–water partition coefficient (Wildman–Crippen LogP) is 2.19. The minimum atomic E-state index is 0.0807. The van der Waals surface area contributed by atoms with Gasteiger partial charge in [0.25, 0.3) is 5.91 Å². The molecule has 1 atom stereocenters. The maximum atomic E-state index is 11.9. The number of carbonyl (C=O) groups excluding carboxylic acids is 1. The van der Waals surface area contributed by atoms with Crippen molar-refractivity contribution in [3.63, 3.8) is 0 Å². The van der Waals surface area contributed by atoms with E-state index in [9.17, 15) is 4.79 Å². The van der Waals surface area contributed by atoms with Crippen molar-refractivity contribution in [3.05, 3.63) is 22.4 Å². The van der Waals surface area contributed by atoms with E-state index in [2.05, 4.69) is 13.8 Å². The summed E-state index contributed by atoms with van der Waals surface area (Å²) in [7, 11) is 1.83. The van der Waals surface area contributed by atoms with Gasteiger partial charge in [-0.25, -0.2) is 0 Å². The second-order valence-electron chi connectivity index (χ2n) is 4.44. The van der Waals surface area contributed by atoms with Gasteiger partial charge in [-0.2, -0.15) is 11.3 Å². The van der Waals surface area contributed by atoms with Crippen molar-refractivity contribution in [1.82, 2.24) is 4.90 Å². The van der Waals surface area contributed by atoms with Crippen LogP contribution in [0, 0.1) is 5.92 Å². The first kappa shape index (κ1) is 13.2. The fraction of sp³-hybridized carbons (Fsp3) is 0.583. The lowest BCUT2D eigenvalue weighted by Gasteiger charge is -2.21. The average molecular weight is 240 g/mol. The van der Waals surface area contributed by atoms with Crippen LogP contribution in [-0.2, 0) is 0 Å². The van der Waals surface area contributed by atoms with E-state index in [1.807, 2.05) is 23.9 Å². The molecule has 1 aromatic heterocycles. The summed E-state index contributed by atoms with van der Waals surface area (Å²) in [6, 6.07) is 2.02. The number of hydrogen-bond acceptors (Lipinski definition) is 3. The lowest BCUT2D eigenvalue weighted by atomic mass is 10.0. The van der Waals surface area contributed by atoms with Gasteiger partial charge in [-0.05, 0) is 23.8 Å². The highest BCUT2D eigenvalue weighted by Crippen LogP contribution is 2.10. The molecule has 0 saturated heterocycles. The molecule has 2 N–H and O–H groups in total. The minimum absolute atomic E-state index is 0.0807. The molecule has 0 aliphatic rings. The molecule has 0 bridgehead atoms. The molecule has 0 spiro atoms. The Hall–Kier alpha value is -0.870. The number of hydrogen-bond donors (Lipinski definition) is 1. The van der Waals surface area contributed by atoms with E-state index in [0.717, 1.165) is 12.0 Å². The van der Waals surface area contributed by atoms with Gasteiger partial charge >= 0.3 is 0 Å². The predicted molar refractivity (Wildman–Crippen MR) is 68.7 cm³/mol. The molecule has 1 amide bonds. The largest absolute Gasteiger partial charge is 0.342 e. The quantitative estimate of drug-likeness (QED) is 0.857. The molecule has 1 aromatic rings. The Kier molecular flexibility index (Phi) is 4.96. The minimum Gasteiger partial charge on any atom is -0.342 e. The molecular formula is C12H20N2OS. The normalized spacial score (nSPS) is 12.8. The Morgan fingerprint density at radius 3 is 2.75 bits per heavy atom. The van der Waals surface area contributed by atoms with Crippen LogP contribution >= 0.6 is 11.3 Å². The highest BCUT2D eigenvalue weighted by atomic mass is 32.1. The van der Waals surface area contributed by atoms with Gasteiger partial charge in [0.2, 0.25) is 0 Å². The Balaban J connectivity index is 2.41. The van der Waals surface area contributed by atoms with Crippen LogP contribution in [0.3, 0.4) is 0 Å². The SMILES string of the molecule is CC(C)[C@@H](N)CCN(C)C(=O)c1ccsc1. The van der Waals surface area contributed by atoms with Gasteiger partial charge in [0, 0.05) is 25.0 Å². The molecule has 0 aromatic carbocycles. The zero-order valence-corrected chi connectivity index (χ0v) is 11.0. The maximum absolute atomic E-state index is 11.9. The van der Waals surface area contributed by atoms with E-state index in [1.165, 1.54) is 0 Å². The third-order valence-corrected chi connectivity index (χ3v) is 3.45. The number of rotatable bonds is 5. The molecule has 4 heteroatoms. The van der Waals surface area contributed by atoms with Gasteiger partial charge < -0.3 is 10.6 Å². The Bertz CT molecular complexity index is 322. The first-order valence-corrected chi connectivity index (χ1v) is 6.50. The van der Waals surface area contributed by atoms with Crippen LogP contribution in [0.5, 0.6) is 0 Å². The standard InChI is InChI=1S/C12H20N2OS/c1-9(2)11(13)4-6-14(3)12(15)10-5-7-16-8-10/h5,7-9,11H,4,6,13H2,1-3H3/t11-/m0/s1. The van der Waals surface area contributed by atoms with Crippen molar-refractivity contribution >= 4 is 17.2 Å². The molecule has 0 fully saturated rings. The molecule has 0 aliphatic heterocycles. The summed E-state index contributed by atoms with van der Waals surface area (Å²) in [4.78, 5) is 13.6. The number of nitrogens with two attached hydrogens (primary N) is 1. The molecule has 3 nitrogen and oxygen atoms in total. The summed E-state index contributed by atoms with van der Waals surface area (Å²) in [6.07, 6.45) is 0.851. The van der Waals surface area contributed by atoms with Crippen LogP contribution in [0.25, 0.3) is 0 Å². The topological polar surface area (TPSA) is 46.3 Å². The summed E-state index contributed by atoms with van der Waals surface area (Å²) in [6.45, 7) is 4.92. The van der Waals surface area contributed by atoms with Crippen LogP contribution in [0.1, 0.15) is 30.6 Å². The van der Waals surface area contributed by atoms with Crippen molar-refractivity contribution in [2.75, 3.05) is 13.6 Å². The number of thiophene rings is 1. The maximum Gasteiger partial charge on any atom is 0.254 e. The van der Waals surface area contributed by atoms with Crippen molar-refractivity contribution in [3.8, 4) is 0 Å². The van der Waals surface area contributed by atoms with E-state index in [-0.39, 0.29) is 11.9 Å². The molecule has 1 heterocycles. The number of carbonyl (C=O) groups is 1. The Morgan fingerprint density at radius 1 is 1.56 bits per heavy atom. The van der Waals surface area contributed by atoms with Gasteiger partial charge in [0.1, 0.15) is 0 Å². The summed E-state index contributed by atoms with van der Waals surface area (Å²) in [5.41, 5.74) is 6.72. The molecule has 16 heavy (non-hydrogen) atoms. The molecule has 0 aliphatic carbocycles. The van der Waals surface area contributed by atoms with Crippen molar-refractivity contribution < 1.29 is 4.79 Å². The van der Waals surface area contributed by atoms with E-state index < -0.39 is 0 Å². The van der Waals surface area contributed by atoms with Crippen LogP contribution in [0.2, 0.25) is 0 Å². The van der Waals surface area contributed by atoms with Crippen molar-refractivity contribution in [2.24, 2.45) is 11.7 Å². The molecule has 0 saturated carbocycles. The third kappa shape index (κ3) is 3.61. The van der Waals surface area contributed by atoms with Gasteiger partial charge in [-0.3, -0.25) is 4.79 Å². The average Bonchev–Trinajstić information content (AvgIpc) is 2.77. The van der Waals surface area contributed by atoms with Crippen molar-refractivity contribution in [2.45, 2.75) is 26.3 Å². The Morgan fingerprint density at radius 2 is 2.25 bits per heavy atom. The summed E-state index contributed by atoms with van der Waals surface area (Å²) in [5.74, 6) is 0.543. The second kappa shape index (κ2) is 6.01. The van der Waals surface area contributed by atoms with Crippen molar-refractivity contribution in [1.29, 1.82) is 0 Å². The summed E-state index contributed by atoms with van der Waals surface area (Å²) < 4.78 is 0. The van der Waals surface area contributed by atoms with E-state index >= 15 is 0 Å². The number of amides is 1. The zero-order valence-electron chi connectivity index (χ0n) is 10.1. The monoisotopic (exact) mass is 240 g/mol. The molecule has 0 unspecified atom stereocenters. The second-order valence-corrected chi connectivity index (χ2v) is 5.22. The van der Waals surface area contributed by atoms with E-state index in [0.29, 0.717) is 12.5 Å². The summed E-state index contributed by atoms with van der Waals surface area (Å²) >= 11 is 1.54. The first-order valence-electron chi connectivity index (χ1n) is 5.55. The first-order chi connectivity index (χ1) is 7.52. The lowest BCUT2D eigenvalue weighted by Crippen LogP contribution is -2.34. The fourth-order valence-corrected chi connectivity index (χ4v) is 2.01. The van der Waals surface area contributed by atoms with Gasteiger partial charge in [-0.1, -0.05) is 13.8 Å². The number of nitrogens with zero attached hydrogens (tertiary/aromatic N) is 1. The highest BCUT2D eigenvalue weighted by Gasteiger charge is 2.14. The third-order valence-electron chi connectivity index (χ3n) is 2.77. The summed E-state index contributed by atoms with van der Waals surface area (Å²) in [5, 5.41) is 3.79. The van der Waals surface area contributed by atoms with Crippen LogP contribution < -0.4 is 5.73 Å². The van der Waals surface area contributed by atoms with Crippen LogP contribution in [-0.4, -0.2) is 30.4 Å². The van der Waals surface area contributed by atoms with Crippen LogP contribution in [0.15, 0.2) is 16.8 Å². The van der Waals surface area contributed by atoms with Gasteiger partial charge in [0.15, 0.2) is 0 Å². The lowest BCUT2D eigenvalue weighted by molar-refractivity contribution is 0.0789. The van der Waals surface area contributed by atoms with Crippen LogP contribution in [0.4, 0.5) is 0 Å². The van der Waals surface area contributed by atoms with E-state index in [1.54, 1.807) is 16.2 Å². The zero-order chi connectivity index (χ0) is 12.1.